The Kier molecular flexibility index (Phi) is 6.44. The monoisotopic (exact) mass is 458 g/mol. The molecular formula is C18H20ClFN4O5S. The lowest BCUT2D eigenvalue weighted by molar-refractivity contribution is -0.135. The molecule has 0 spiro atoms. The van der Waals surface area contributed by atoms with E-state index < -0.39 is 34.3 Å². The predicted octanol–water partition coefficient (Wildman–Crippen LogP) is 1.21. The number of sulfonamides is 1. The third-order valence-corrected chi connectivity index (χ3v) is 7.07. The maximum Gasteiger partial charge on any atom is 0.343 e. The van der Waals surface area contributed by atoms with E-state index in [9.17, 15) is 22.4 Å². The third kappa shape index (κ3) is 4.47. The van der Waals surface area contributed by atoms with Gasteiger partial charge in [0.25, 0.3) is 5.91 Å². The second kappa shape index (κ2) is 8.70. The molecule has 162 valence electrons. The van der Waals surface area contributed by atoms with Crippen molar-refractivity contribution in [1.82, 2.24) is 19.0 Å². The van der Waals surface area contributed by atoms with Gasteiger partial charge in [-0.15, -0.1) is 0 Å². The van der Waals surface area contributed by atoms with Crippen LogP contribution in [0, 0.1) is 12.7 Å². The van der Waals surface area contributed by atoms with E-state index in [0.717, 1.165) is 12.1 Å². The predicted molar refractivity (Wildman–Crippen MR) is 105 cm³/mol. The highest BCUT2D eigenvalue weighted by Crippen LogP contribution is 2.20. The first-order valence-corrected chi connectivity index (χ1v) is 10.8. The molecule has 1 aromatic carbocycles. The summed E-state index contributed by atoms with van der Waals surface area (Å²) in [5.41, 5.74) is 0.488. The number of nitrogens with zero attached hydrogens (tertiary/aromatic N) is 4. The third-order valence-electron chi connectivity index (χ3n) is 4.73. The summed E-state index contributed by atoms with van der Waals surface area (Å²) in [5.74, 6) is -1.72. The topological polar surface area (TPSA) is 102 Å². The van der Waals surface area contributed by atoms with Crippen molar-refractivity contribution < 1.29 is 27.1 Å². The lowest BCUT2D eigenvalue weighted by Gasteiger charge is -2.33. The standard InChI is InChI=1S/C18H20ClFN4O5S/c1-12-16(17(19)22(2)21-12)18(26)29-11-15(25)23-7-9-24(10-8-23)30(27,28)14-5-3-13(20)4-6-14/h3-6H,7-11H2,1-2H3. The lowest BCUT2D eigenvalue weighted by atomic mass is 10.3. The Hall–Kier alpha value is -2.50. The normalized spacial score (nSPS) is 15.3. The second-order valence-electron chi connectivity index (χ2n) is 6.69. The fraction of sp³-hybridized carbons (Fsp3) is 0.389. The van der Waals surface area contributed by atoms with Gasteiger partial charge in [0.1, 0.15) is 16.5 Å². The summed E-state index contributed by atoms with van der Waals surface area (Å²) in [4.78, 5) is 26.0. The Labute approximate surface area is 178 Å². The molecule has 0 N–H and O–H groups in total. The summed E-state index contributed by atoms with van der Waals surface area (Å²) in [5, 5.41) is 4.13. The van der Waals surface area contributed by atoms with Crippen LogP contribution in [0.4, 0.5) is 4.39 Å². The van der Waals surface area contributed by atoms with Crippen molar-refractivity contribution in [2.45, 2.75) is 11.8 Å². The summed E-state index contributed by atoms with van der Waals surface area (Å²) >= 11 is 6.01. The van der Waals surface area contributed by atoms with Crippen LogP contribution in [0.1, 0.15) is 16.1 Å². The zero-order chi connectivity index (χ0) is 22.1. The molecule has 3 rings (SSSR count). The SMILES string of the molecule is Cc1nn(C)c(Cl)c1C(=O)OCC(=O)N1CCN(S(=O)(=O)c2ccc(F)cc2)CC1. The van der Waals surface area contributed by atoms with Gasteiger partial charge in [-0.2, -0.15) is 9.40 Å². The van der Waals surface area contributed by atoms with Crippen LogP contribution < -0.4 is 0 Å². The fourth-order valence-corrected chi connectivity index (χ4v) is 4.76. The number of ether oxygens (including phenoxy) is 1. The molecule has 1 aromatic heterocycles. The average Bonchev–Trinajstić information content (AvgIpc) is 2.98. The molecule has 1 aliphatic rings. The van der Waals surface area contributed by atoms with Crippen LogP contribution in [-0.4, -0.2) is 72.1 Å². The molecule has 2 aromatic rings. The number of esters is 1. The van der Waals surface area contributed by atoms with Gasteiger partial charge in [0.15, 0.2) is 6.61 Å². The van der Waals surface area contributed by atoms with Crippen molar-refractivity contribution >= 4 is 33.5 Å². The van der Waals surface area contributed by atoms with E-state index >= 15 is 0 Å². The van der Waals surface area contributed by atoms with Crippen molar-refractivity contribution in [3.05, 3.63) is 46.5 Å². The van der Waals surface area contributed by atoms with E-state index in [2.05, 4.69) is 5.10 Å². The molecule has 0 radical (unpaired) electrons. The Morgan fingerprint density at radius 3 is 2.30 bits per heavy atom. The van der Waals surface area contributed by atoms with Crippen LogP contribution in [0.5, 0.6) is 0 Å². The number of carbonyl (C=O) groups excluding carboxylic acids is 2. The van der Waals surface area contributed by atoms with Crippen LogP contribution in [0.3, 0.4) is 0 Å². The van der Waals surface area contributed by atoms with Crippen molar-refractivity contribution in [3.63, 3.8) is 0 Å². The fourth-order valence-electron chi connectivity index (χ4n) is 3.09. The molecule has 30 heavy (non-hydrogen) atoms. The molecule has 1 saturated heterocycles. The highest BCUT2D eigenvalue weighted by molar-refractivity contribution is 7.89. The Balaban J connectivity index is 1.55. The smallest absolute Gasteiger partial charge is 0.343 e. The molecule has 0 saturated carbocycles. The summed E-state index contributed by atoms with van der Waals surface area (Å²) in [6.45, 7) is 1.55. The summed E-state index contributed by atoms with van der Waals surface area (Å²) in [7, 11) is -2.20. The number of amides is 1. The maximum atomic E-state index is 13.0. The lowest BCUT2D eigenvalue weighted by Crippen LogP contribution is -2.51. The Morgan fingerprint density at radius 1 is 1.17 bits per heavy atom. The minimum Gasteiger partial charge on any atom is -0.452 e. The van der Waals surface area contributed by atoms with Gasteiger partial charge < -0.3 is 9.64 Å². The minimum atomic E-state index is -3.78. The number of piperazine rings is 1. The second-order valence-corrected chi connectivity index (χ2v) is 8.99. The molecule has 9 nitrogen and oxygen atoms in total. The zero-order valence-corrected chi connectivity index (χ0v) is 17.9. The van der Waals surface area contributed by atoms with E-state index in [-0.39, 0.29) is 41.8 Å². The van der Waals surface area contributed by atoms with E-state index in [0.29, 0.717) is 5.69 Å². The zero-order valence-electron chi connectivity index (χ0n) is 16.3. The number of halogens is 2. The van der Waals surface area contributed by atoms with Gasteiger partial charge in [-0.05, 0) is 31.2 Å². The molecule has 0 atom stereocenters. The molecule has 1 fully saturated rings. The first-order chi connectivity index (χ1) is 14.1. The number of aromatic nitrogens is 2. The number of aryl methyl sites for hydroxylation is 2. The van der Waals surface area contributed by atoms with Crippen LogP contribution >= 0.6 is 11.6 Å². The number of benzene rings is 1. The first kappa shape index (κ1) is 22.2. The molecule has 2 heterocycles. The van der Waals surface area contributed by atoms with Crippen LogP contribution in [-0.2, 0) is 26.6 Å². The van der Waals surface area contributed by atoms with Gasteiger partial charge in [0.05, 0.1) is 10.6 Å². The molecule has 1 amide bonds. The first-order valence-electron chi connectivity index (χ1n) is 9.01. The largest absolute Gasteiger partial charge is 0.452 e. The molecule has 1 aliphatic heterocycles. The van der Waals surface area contributed by atoms with Gasteiger partial charge in [-0.1, -0.05) is 11.6 Å². The summed E-state index contributed by atoms with van der Waals surface area (Å²) < 4.78 is 45.9. The number of hydrogen-bond donors (Lipinski definition) is 0. The van der Waals surface area contributed by atoms with Gasteiger partial charge >= 0.3 is 5.97 Å². The van der Waals surface area contributed by atoms with Gasteiger partial charge in [0.2, 0.25) is 10.0 Å². The Bertz CT molecular complexity index is 1060. The molecule has 12 heteroatoms. The summed E-state index contributed by atoms with van der Waals surface area (Å²) in [6.07, 6.45) is 0. The minimum absolute atomic E-state index is 0.0127. The maximum absolute atomic E-state index is 13.0. The number of rotatable bonds is 5. The van der Waals surface area contributed by atoms with Gasteiger partial charge in [-0.3, -0.25) is 9.48 Å². The van der Waals surface area contributed by atoms with E-state index in [1.165, 1.54) is 26.0 Å². The highest BCUT2D eigenvalue weighted by Gasteiger charge is 2.30. The molecule has 0 aliphatic carbocycles. The van der Waals surface area contributed by atoms with Gasteiger partial charge in [-0.25, -0.2) is 17.6 Å². The quantitative estimate of drug-likeness (QED) is 0.624. The molecule has 0 bridgehead atoms. The molecular weight excluding hydrogens is 439 g/mol. The Morgan fingerprint density at radius 2 is 1.77 bits per heavy atom. The van der Waals surface area contributed by atoms with Crippen molar-refractivity contribution in [2.24, 2.45) is 7.05 Å². The van der Waals surface area contributed by atoms with Crippen molar-refractivity contribution in [2.75, 3.05) is 32.8 Å². The number of carbonyl (C=O) groups is 2. The van der Waals surface area contributed by atoms with E-state index in [1.807, 2.05) is 0 Å². The molecule has 0 unspecified atom stereocenters. The van der Waals surface area contributed by atoms with Crippen LogP contribution in [0.15, 0.2) is 29.2 Å². The van der Waals surface area contributed by atoms with Crippen molar-refractivity contribution in [3.8, 4) is 0 Å². The average molecular weight is 459 g/mol. The van der Waals surface area contributed by atoms with Gasteiger partial charge in [0, 0.05) is 33.2 Å². The van der Waals surface area contributed by atoms with Crippen molar-refractivity contribution in [1.29, 1.82) is 0 Å². The highest BCUT2D eigenvalue weighted by atomic mass is 35.5. The summed E-state index contributed by atoms with van der Waals surface area (Å²) in [6, 6.07) is 4.56. The van der Waals surface area contributed by atoms with Crippen LogP contribution in [0.25, 0.3) is 0 Å². The van der Waals surface area contributed by atoms with Crippen LogP contribution in [0.2, 0.25) is 5.15 Å². The van der Waals surface area contributed by atoms with E-state index in [4.69, 9.17) is 16.3 Å². The number of hydrogen-bond acceptors (Lipinski definition) is 6. The van der Waals surface area contributed by atoms with E-state index in [1.54, 1.807) is 14.0 Å².